The fourth-order valence-electron chi connectivity index (χ4n) is 1.37. The molecular formula is C11H19BrN2O2S2. The molecule has 104 valence electrons. The second-order valence-corrected chi connectivity index (χ2v) is 8.75. The lowest BCUT2D eigenvalue weighted by Gasteiger charge is -2.09. The van der Waals surface area contributed by atoms with Crippen LogP contribution in [0.15, 0.2) is 15.9 Å². The Morgan fingerprint density at radius 1 is 1.33 bits per heavy atom. The molecule has 18 heavy (non-hydrogen) atoms. The van der Waals surface area contributed by atoms with E-state index < -0.39 is 10.0 Å². The molecule has 0 saturated heterocycles. The van der Waals surface area contributed by atoms with Crippen LogP contribution in [0.25, 0.3) is 0 Å². The summed E-state index contributed by atoms with van der Waals surface area (Å²) in [6.07, 6.45) is 0.729. The summed E-state index contributed by atoms with van der Waals surface area (Å²) >= 11 is 5.01. The minimum absolute atomic E-state index is 0.124. The number of halogens is 1. The van der Waals surface area contributed by atoms with Crippen LogP contribution in [0.4, 0.5) is 0 Å². The van der Waals surface area contributed by atoms with E-state index >= 15 is 0 Å². The molecule has 4 nitrogen and oxygen atoms in total. The second-order valence-electron chi connectivity index (χ2n) is 4.28. The van der Waals surface area contributed by atoms with Crippen LogP contribution >= 0.6 is 27.3 Å². The monoisotopic (exact) mass is 354 g/mol. The molecule has 0 saturated carbocycles. The number of nitrogens with one attached hydrogen (secondary N) is 2. The molecule has 0 radical (unpaired) electrons. The maximum absolute atomic E-state index is 11.7. The van der Waals surface area contributed by atoms with Gasteiger partial charge in [0.15, 0.2) is 0 Å². The van der Waals surface area contributed by atoms with Gasteiger partial charge in [0, 0.05) is 24.0 Å². The molecule has 0 unspecified atom stereocenters. The molecule has 1 aromatic rings. The van der Waals surface area contributed by atoms with Gasteiger partial charge >= 0.3 is 0 Å². The zero-order valence-electron chi connectivity index (χ0n) is 10.6. The molecule has 1 heterocycles. The normalized spacial score (nSPS) is 12.2. The molecule has 1 aromatic heterocycles. The summed E-state index contributed by atoms with van der Waals surface area (Å²) in [7, 11) is -3.16. The van der Waals surface area contributed by atoms with E-state index in [1.165, 1.54) is 4.88 Å². The summed E-state index contributed by atoms with van der Waals surface area (Å²) in [5.74, 6) is 0.124. The molecule has 2 N–H and O–H groups in total. The highest BCUT2D eigenvalue weighted by Crippen LogP contribution is 2.22. The smallest absolute Gasteiger partial charge is 0.212 e. The number of rotatable bonds is 8. The first-order chi connectivity index (χ1) is 8.39. The van der Waals surface area contributed by atoms with Crippen LogP contribution in [0.3, 0.4) is 0 Å². The average molecular weight is 355 g/mol. The van der Waals surface area contributed by atoms with Gasteiger partial charge in [0.2, 0.25) is 10.0 Å². The van der Waals surface area contributed by atoms with Crippen LogP contribution in [0.5, 0.6) is 0 Å². The first-order valence-electron chi connectivity index (χ1n) is 5.84. The Kier molecular flexibility index (Phi) is 6.79. The predicted molar refractivity (Wildman–Crippen MR) is 80.7 cm³/mol. The summed E-state index contributed by atoms with van der Waals surface area (Å²) < 4.78 is 27.0. The van der Waals surface area contributed by atoms with Crippen LogP contribution in [0.2, 0.25) is 0 Å². The Bertz CT molecular complexity index is 457. The van der Waals surface area contributed by atoms with E-state index in [1.54, 1.807) is 11.3 Å². The van der Waals surface area contributed by atoms with Crippen LogP contribution in [0, 0.1) is 0 Å². The zero-order valence-corrected chi connectivity index (χ0v) is 13.8. The van der Waals surface area contributed by atoms with E-state index in [4.69, 9.17) is 0 Å². The molecule has 7 heteroatoms. The highest BCUT2D eigenvalue weighted by atomic mass is 79.9. The third-order valence-electron chi connectivity index (χ3n) is 2.25. The fourth-order valence-corrected chi connectivity index (χ4v) is 3.80. The number of hydrogen-bond donors (Lipinski definition) is 2. The predicted octanol–water partition coefficient (Wildman–Crippen LogP) is 1.97. The van der Waals surface area contributed by atoms with Crippen molar-refractivity contribution in [3.05, 3.63) is 20.8 Å². The van der Waals surface area contributed by atoms with Crippen molar-refractivity contribution < 1.29 is 8.42 Å². The zero-order chi connectivity index (χ0) is 13.6. The highest BCUT2D eigenvalue weighted by molar-refractivity contribution is 9.11. The van der Waals surface area contributed by atoms with Crippen molar-refractivity contribution in [3.63, 3.8) is 0 Å². The van der Waals surface area contributed by atoms with E-state index in [-0.39, 0.29) is 5.75 Å². The molecule has 0 fully saturated rings. The van der Waals surface area contributed by atoms with E-state index in [2.05, 4.69) is 26.0 Å². The minimum atomic E-state index is -3.16. The first kappa shape index (κ1) is 16.1. The maximum Gasteiger partial charge on any atom is 0.212 e. The van der Waals surface area contributed by atoms with Gasteiger partial charge in [0.05, 0.1) is 9.54 Å². The van der Waals surface area contributed by atoms with E-state index in [0.29, 0.717) is 19.1 Å². The molecule has 1 rings (SSSR count). The van der Waals surface area contributed by atoms with Gasteiger partial charge < -0.3 is 5.32 Å². The van der Waals surface area contributed by atoms with Crippen LogP contribution in [-0.2, 0) is 16.4 Å². The van der Waals surface area contributed by atoms with Gasteiger partial charge in [-0.2, -0.15) is 0 Å². The third-order valence-corrected chi connectivity index (χ3v) is 5.31. The summed E-state index contributed by atoms with van der Waals surface area (Å²) in [6.45, 7) is 4.93. The Hall–Kier alpha value is 0.0500. The van der Waals surface area contributed by atoms with Crippen molar-refractivity contribution in [1.29, 1.82) is 0 Å². The van der Waals surface area contributed by atoms with E-state index in [9.17, 15) is 8.42 Å². The molecule has 0 bridgehead atoms. The molecular weight excluding hydrogens is 336 g/mol. The van der Waals surface area contributed by atoms with Gasteiger partial charge in [-0.05, 0) is 34.5 Å². The molecule has 0 aliphatic rings. The summed E-state index contributed by atoms with van der Waals surface area (Å²) in [5.41, 5.74) is 0. The van der Waals surface area contributed by atoms with Crippen molar-refractivity contribution in [2.45, 2.75) is 26.3 Å². The molecule has 0 atom stereocenters. The second kappa shape index (κ2) is 7.59. The van der Waals surface area contributed by atoms with Gasteiger partial charge in [0.1, 0.15) is 0 Å². The largest absolute Gasteiger partial charge is 0.313 e. The van der Waals surface area contributed by atoms with Crippen LogP contribution in [0.1, 0.15) is 18.7 Å². The van der Waals surface area contributed by atoms with Crippen LogP contribution in [-0.4, -0.2) is 33.3 Å². The van der Waals surface area contributed by atoms with Gasteiger partial charge in [-0.15, -0.1) is 11.3 Å². The highest BCUT2D eigenvalue weighted by Gasteiger charge is 2.09. The SMILES string of the molecule is CC(C)NCCS(=O)(=O)NCCc1ccc(Br)s1. The summed E-state index contributed by atoms with van der Waals surface area (Å²) in [6, 6.07) is 4.29. The van der Waals surface area contributed by atoms with Crippen molar-refractivity contribution in [2.24, 2.45) is 0 Å². The number of sulfonamides is 1. The van der Waals surface area contributed by atoms with Gasteiger partial charge in [-0.3, -0.25) is 0 Å². The summed E-state index contributed by atoms with van der Waals surface area (Å²) in [5, 5.41) is 3.09. The average Bonchev–Trinajstić information content (AvgIpc) is 2.63. The van der Waals surface area contributed by atoms with Gasteiger partial charge in [-0.1, -0.05) is 13.8 Å². The topological polar surface area (TPSA) is 58.2 Å². The lowest BCUT2D eigenvalue weighted by Crippen LogP contribution is -2.35. The van der Waals surface area contributed by atoms with Gasteiger partial charge in [-0.25, -0.2) is 13.1 Å². The Labute approximate surface area is 121 Å². The maximum atomic E-state index is 11.7. The Balaban J connectivity index is 2.25. The van der Waals surface area contributed by atoms with Crippen molar-refractivity contribution in [3.8, 4) is 0 Å². The lowest BCUT2D eigenvalue weighted by atomic mass is 10.3. The minimum Gasteiger partial charge on any atom is -0.313 e. The number of thiophene rings is 1. The molecule has 0 aromatic carbocycles. The van der Waals surface area contributed by atoms with Crippen molar-refractivity contribution in [2.75, 3.05) is 18.8 Å². The fraction of sp³-hybridized carbons (Fsp3) is 0.636. The Morgan fingerprint density at radius 3 is 2.61 bits per heavy atom. The molecule has 0 aliphatic heterocycles. The Morgan fingerprint density at radius 2 is 2.06 bits per heavy atom. The third kappa shape index (κ3) is 6.84. The van der Waals surface area contributed by atoms with E-state index in [0.717, 1.165) is 10.2 Å². The van der Waals surface area contributed by atoms with E-state index in [1.807, 2.05) is 26.0 Å². The summed E-state index contributed by atoms with van der Waals surface area (Å²) in [4.78, 5) is 1.17. The van der Waals surface area contributed by atoms with Crippen molar-refractivity contribution in [1.82, 2.24) is 10.0 Å². The lowest BCUT2D eigenvalue weighted by molar-refractivity contribution is 0.567. The number of hydrogen-bond acceptors (Lipinski definition) is 4. The molecule has 0 amide bonds. The van der Waals surface area contributed by atoms with Crippen LogP contribution < -0.4 is 10.0 Å². The molecule has 0 spiro atoms. The molecule has 0 aliphatic carbocycles. The standard InChI is InChI=1S/C11H19BrN2O2S2/c1-9(2)13-7-8-18(15,16)14-6-5-10-3-4-11(12)17-10/h3-4,9,13-14H,5-8H2,1-2H3. The van der Waals surface area contributed by atoms with Gasteiger partial charge in [0.25, 0.3) is 0 Å². The first-order valence-corrected chi connectivity index (χ1v) is 9.10. The van der Waals surface area contributed by atoms with Crippen molar-refractivity contribution >= 4 is 37.3 Å². The quantitative estimate of drug-likeness (QED) is 0.750.